The van der Waals surface area contributed by atoms with Crippen LogP contribution < -0.4 is 5.73 Å². The first-order chi connectivity index (χ1) is 6.02. The molecule has 5 nitrogen and oxygen atoms in total. The molecule has 0 aliphatic carbocycles. The summed E-state index contributed by atoms with van der Waals surface area (Å²) in [4.78, 5) is 10.5. The van der Waals surface area contributed by atoms with Crippen LogP contribution >= 0.6 is 11.3 Å². The van der Waals surface area contributed by atoms with Crippen molar-refractivity contribution in [1.82, 2.24) is 0 Å². The van der Waals surface area contributed by atoms with Gasteiger partial charge in [0.05, 0.1) is 17.1 Å². The third-order valence-electron chi connectivity index (χ3n) is 1.64. The summed E-state index contributed by atoms with van der Waals surface area (Å²) in [6, 6.07) is 2.42. The first-order valence-corrected chi connectivity index (χ1v) is 4.52. The van der Waals surface area contributed by atoms with Gasteiger partial charge in [0.1, 0.15) is 0 Å². The van der Waals surface area contributed by atoms with Crippen molar-refractivity contribution in [1.29, 1.82) is 0 Å². The molecule has 0 fully saturated rings. The molecule has 0 unspecified atom stereocenters. The fourth-order valence-corrected chi connectivity index (χ4v) is 1.78. The Balaban J connectivity index is 2.85. The van der Waals surface area contributed by atoms with E-state index in [-0.39, 0.29) is 5.00 Å². The molecule has 0 spiro atoms. The smallest absolute Gasteiger partial charge is 0.324 e. The van der Waals surface area contributed by atoms with Crippen molar-refractivity contribution >= 4 is 16.3 Å². The minimum atomic E-state index is -0.696. The lowest BCUT2D eigenvalue weighted by atomic mass is 10.2. The quantitative estimate of drug-likeness (QED) is 0.566. The molecule has 0 amide bonds. The van der Waals surface area contributed by atoms with Crippen LogP contribution in [0.15, 0.2) is 12.1 Å². The van der Waals surface area contributed by atoms with Crippen molar-refractivity contribution < 1.29 is 10.0 Å². The summed E-state index contributed by atoms with van der Waals surface area (Å²) in [6.07, 6.45) is -0.696. The van der Waals surface area contributed by atoms with Crippen LogP contribution in [0, 0.1) is 10.1 Å². The number of nitro groups is 1. The number of thiophene rings is 1. The molecule has 0 aliphatic heterocycles. The zero-order valence-corrected chi connectivity index (χ0v) is 7.82. The number of nitrogens with zero attached hydrogens (tertiary/aromatic N) is 1. The van der Waals surface area contributed by atoms with Gasteiger partial charge < -0.3 is 10.8 Å². The molecule has 0 aromatic carbocycles. The topological polar surface area (TPSA) is 89.4 Å². The Morgan fingerprint density at radius 1 is 1.69 bits per heavy atom. The van der Waals surface area contributed by atoms with Crippen molar-refractivity contribution in [3.63, 3.8) is 0 Å². The Labute approximate surface area is 79.0 Å². The Bertz CT molecular complexity index is 310. The SMILES string of the molecule is C[C@H](O)[C@H](N)c1ccc([N+](=O)[O-])s1. The van der Waals surface area contributed by atoms with Crippen molar-refractivity contribution in [2.24, 2.45) is 5.73 Å². The molecular formula is C7H10N2O3S. The van der Waals surface area contributed by atoms with Crippen LogP contribution in [0.2, 0.25) is 0 Å². The predicted octanol–water partition coefficient (Wildman–Crippen LogP) is 1.04. The standard InChI is InChI=1S/C7H10N2O3S/c1-4(10)7(8)5-2-3-6(13-5)9(11)12/h2-4,7,10H,8H2,1H3/t4-,7-/m0/s1. The number of aliphatic hydroxyl groups excluding tert-OH is 1. The maximum atomic E-state index is 10.3. The molecule has 1 rings (SSSR count). The van der Waals surface area contributed by atoms with Gasteiger partial charge in [-0.3, -0.25) is 10.1 Å². The first kappa shape index (κ1) is 10.1. The summed E-state index contributed by atoms with van der Waals surface area (Å²) in [7, 11) is 0. The van der Waals surface area contributed by atoms with Crippen LogP contribution in [-0.4, -0.2) is 16.1 Å². The van der Waals surface area contributed by atoms with E-state index in [1.54, 1.807) is 13.0 Å². The van der Waals surface area contributed by atoms with Crippen molar-refractivity contribution in [2.45, 2.75) is 19.1 Å². The molecule has 0 saturated heterocycles. The summed E-state index contributed by atoms with van der Waals surface area (Å²) < 4.78 is 0. The maximum absolute atomic E-state index is 10.3. The van der Waals surface area contributed by atoms with E-state index in [0.29, 0.717) is 4.88 Å². The zero-order valence-electron chi connectivity index (χ0n) is 7.01. The number of hydrogen-bond acceptors (Lipinski definition) is 5. The lowest BCUT2D eigenvalue weighted by Crippen LogP contribution is -2.21. The second-order valence-corrected chi connectivity index (χ2v) is 3.79. The second kappa shape index (κ2) is 3.82. The van der Waals surface area contributed by atoms with Crippen LogP contribution in [0.3, 0.4) is 0 Å². The van der Waals surface area contributed by atoms with Gasteiger partial charge in [-0.2, -0.15) is 0 Å². The van der Waals surface area contributed by atoms with Gasteiger partial charge in [0, 0.05) is 10.9 Å². The molecule has 72 valence electrons. The summed E-state index contributed by atoms with van der Waals surface area (Å²) in [5.41, 5.74) is 5.59. The number of hydrogen-bond donors (Lipinski definition) is 2. The van der Waals surface area contributed by atoms with Gasteiger partial charge in [0.2, 0.25) is 0 Å². The molecule has 0 aliphatic rings. The van der Waals surface area contributed by atoms with Crippen molar-refractivity contribution in [3.05, 3.63) is 27.1 Å². The van der Waals surface area contributed by atoms with E-state index < -0.39 is 17.1 Å². The average Bonchev–Trinajstić information content (AvgIpc) is 2.50. The minimum Gasteiger partial charge on any atom is -0.391 e. The van der Waals surface area contributed by atoms with Gasteiger partial charge in [-0.15, -0.1) is 0 Å². The average molecular weight is 202 g/mol. The summed E-state index contributed by atoms with van der Waals surface area (Å²) in [5, 5.41) is 19.5. The summed E-state index contributed by atoms with van der Waals surface area (Å²) >= 11 is 0.993. The predicted molar refractivity (Wildman–Crippen MR) is 49.6 cm³/mol. The van der Waals surface area contributed by atoms with Crippen LogP contribution in [-0.2, 0) is 0 Å². The third-order valence-corrected chi connectivity index (χ3v) is 2.78. The monoisotopic (exact) mass is 202 g/mol. The van der Waals surface area contributed by atoms with Crippen LogP contribution in [0.4, 0.5) is 5.00 Å². The van der Waals surface area contributed by atoms with Gasteiger partial charge in [-0.25, -0.2) is 0 Å². The molecule has 3 N–H and O–H groups in total. The molecule has 0 saturated carbocycles. The Morgan fingerprint density at radius 3 is 2.69 bits per heavy atom. The van der Waals surface area contributed by atoms with Crippen molar-refractivity contribution in [2.75, 3.05) is 0 Å². The summed E-state index contributed by atoms with van der Waals surface area (Å²) in [6.45, 7) is 1.55. The molecule has 0 radical (unpaired) electrons. The largest absolute Gasteiger partial charge is 0.391 e. The molecule has 1 aromatic heterocycles. The van der Waals surface area contributed by atoms with E-state index in [1.165, 1.54) is 6.07 Å². The lowest BCUT2D eigenvalue weighted by molar-refractivity contribution is -0.380. The molecule has 1 aromatic rings. The molecule has 1 heterocycles. The normalized spacial score (nSPS) is 15.3. The molecule has 13 heavy (non-hydrogen) atoms. The highest BCUT2D eigenvalue weighted by molar-refractivity contribution is 7.15. The van der Waals surface area contributed by atoms with Crippen LogP contribution in [0.5, 0.6) is 0 Å². The third kappa shape index (κ3) is 2.24. The van der Waals surface area contributed by atoms with Crippen LogP contribution in [0.1, 0.15) is 17.8 Å². The highest BCUT2D eigenvalue weighted by atomic mass is 32.1. The number of aliphatic hydroxyl groups is 1. The van der Waals surface area contributed by atoms with E-state index in [1.807, 2.05) is 0 Å². The highest BCUT2D eigenvalue weighted by Crippen LogP contribution is 2.28. The van der Waals surface area contributed by atoms with Gasteiger partial charge >= 0.3 is 5.00 Å². The second-order valence-electron chi connectivity index (χ2n) is 2.70. The first-order valence-electron chi connectivity index (χ1n) is 3.70. The Morgan fingerprint density at radius 2 is 2.31 bits per heavy atom. The lowest BCUT2D eigenvalue weighted by Gasteiger charge is -2.11. The molecule has 0 bridgehead atoms. The maximum Gasteiger partial charge on any atom is 0.324 e. The Hall–Kier alpha value is -0.980. The van der Waals surface area contributed by atoms with E-state index in [0.717, 1.165) is 11.3 Å². The van der Waals surface area contributed by atoms with E-state index >= 15 is 0 Å². The van der Waals surface area contributed by atoms with E-state index in [9.17, 15) is 10.1 Å². The van der Waals surface area contributed by atoms with Gasteiger partial charge in [0.15, 0.2) is 0 Å². The molecule has 2 atom stereocenters. The van der Waals surface area contributed by atoms with E-state index in [2.05, 4.69) is 0 Å². The fraction of sp³-hybridized carbons (Fsp3) is 0.429. The minimum absolute atomic E-state index is 0.0473. The highest BCUT2D eigenvalue weighted by Gasteiger charge is 2.17. The Kier molecular flexibility index (Phi) is 2.97. The van der Waals surface area contributed by atoms with Gasteiger partial charge in [0.25, 0.3) is 0 Å². The number of rotatable bonds is 3. The van der Waals surface area contributed by atoms with Gasteiger partial charge in [-0.05, 0) is 13.0 Å². The fourth-order valence-electron chi connectivity index (χ4n) is 0.857. The van der Waals surface area contributed by atoms with E-state index in [4.69, 9.17) is 10.8 Å². The molecule has 6 heteroatoms. The van der Waals surface area contributed by atoms with Gasteiger partial charge in [-0.1, -0.05) is 11.3 Å². The zero-order chi connectivity index (χ0) is 10.0. The van der Waals surface area contributed by atoms with Crippen LogP contribution in [0.25, 0.3) is 0 Å². The van der Waals surface area contributed by atoms with Crippen molar-refractivity contribution in [3.8, 4) is 0 Å². The molecular weight excluding hydrogens is 192 g/mol. The number of nitrogens with two attached hydrogens (primary N) is 1. The summed E-state index contributed by atoms with van der Waals surface area (Å²) in [5.74, 6) is 0.